The summed E-state index contributed by atoms with van der Waals surface area (Å²) >= 11 is 0. The van der Waals surface area contributed by atoms with Crippen LogP contribution in [-0.2, 0) is 20.7 Å². The van der Waals surface area contributed by atoms with Gasteiger partial charge in [-0.2, -0.15) is 0 Å². The fourth-order valence-corrected chi connectivity index (χ4v) is 3.32. The third-order valence-corrected chi connectivity index (χ3v) is 4.46. The zero-order valence-electron chi connectivity index (χ0n) is 14.3. The second kappa shape index (κ2) is 7.74. The zero-order valence-corrected chi connectivity index (χ0v) is 14.3. The molecule has 136 valence electrons. The van der Waals surface area contributed by atoms with Crippen LogP contribution in [0.3, 0.4) is 0 Å². The molecule has 7 nitrogen and oxygen atoms in total. The molecule has 7 heteroatoms. The highest BCUT2D eigenvalue weighted by Crippen LogP contribution is 2.36. The molecule has 0 aromatic heterocycles. The fourth-order valence-electron chi connectivity index (χ4n) is 3.32. The summed E-state index contributed by atoms with van der Waals surface area (Å²) in [5.41, 5.74) is 0.964. The lowest BCUT2D eigenvalue weighted by molar-refractivity contribution is -0.150. The van der Waals surface area contributed by atoms with E-state index in [0.717, 1.165) is 11.3 Å². The molecule has 1 fully saturated rings. The van der Waals surface area contributed by atoms with Gasteiger partial charge in [0, 0.05) is 13.1 Å². The molecule has 0 aliphatic carbocycles. The summed E-state index contributed by atoms with van der Waals surface area (Å²) in [7, 11) is 0. The third-order valence-electron chi connectivity index (χ3n) is 4.46. The predicted molar refractivity (Wildman–Crippen MR) is 88.9 cm³/mol. The maximum absolute atomic E-state index is 12.8. The molecule has 1 aromatic carbocycles. The van der Waals surface area contributed by atoms with Gasteiger partial charge < -0.3 is 24.2 Å². The lowest BCUT2D eigenvalue weighted by Gasteiger charge is -2.36. The Morgan fingerprint density at radius 2 is 2.24 bits per heavy atom. The smallest absolute Gasteiger partial charge is 0.306 e. The van der Waals surface area contributed by atoms with Gasteiger partial charge in [-0.3, -0.25) is 9.59 Å². The van der Waals surface area contributed by atoms with Crippen LogP contribution in [0.25, 0.3) is 0 Å². The monoisotopic (exact) mass is 349 g/mol. The number of carbonyl (C=O) groups is 2. The van der Waals surface area contributed by atoms with Crippen LogP contribution >= 0.6 is 0 Å². The molecular formula is C18H23NO6. The van der Waals surface area contributed by atoms with E-state index in [2.05, 4.69) is 0 Å². The second-order valence-electron chi connectivity index (χ2n) is 6.26. The van der Waals surface area contributed by atoms with Crippen molar-refractivity contribution in [3.63, 3.8) is 0 Å². The Balaban J connectivity index is 1.66. The van der Waals surface area contributed by atoms with Gasteiger partial charge in [0.25, 0.3) is 0 Å². The number of para-hydroxylation sites is 1. The van der Waals surface area contributed by atoms with Crippen molar-refractivity contribution in [2.24, 2.45) is 5.92 Å². The summed E-state index contributed by atoms with van der Waals surface area (Å²) < 4.78 is 16.8. The Kier molecular flexibility index (Phi) is 5.43. The molecule has 25 heavy (non-hydrogen) atoms. The number of carboxylic acids is 1. The Bertz CT molecular complexity index is 646. The number of morpholine rings is 1. The summed E-state index contributed by atoms with van der Waals surface area (Å²) in [5, 5.41) is 8.90. The van der Waals surface area contributed by atoms with E-state index in [1.165, 1.54) is 0 Å². The Morgan fingerprint density at radius 1 is 1.40 bits per heavy atom. The van der Waals surface area contributed by atoms with Crippen LogP contribution < -0.4 is 9.47 Å². The van der Waals surface area contributed by atoms with Crippen molar-refractivity contribution in [3.8, 4) is 11.5 Å². The SMILES string of the molecule is CCOc1cccc2c1OC[C@H](C(=O)N1CCO[C@@H](CC(=O)O)C1)C2. The van der Waals surface area contributed by atoms with Crippen molar-refractivity contribution < 1.29 is 28.9 Å². The molecule has 0 spiro atoms. The first-order valence-electron chi connectivity index (χ1n) is 8.58. The van der Waals surface area contributed by atoms with Crippen LogP contribution in [0, 0.1) is 5.92 Å². The van der Waals surface area contributed by atoms with Crippen molar-refractivity contribution >= 4 is 11.9 Å². The average Bonchev–Trinajstić information content (AvgIpc) is 2.61. The van der Waals surface area contributed by atoms with Crippen molar-refractivity contribution in [2.45, 2.75) is 25.9 Å². The summed E-state index contributed by atoms with van der Waals surface area (Å²) in [5.74, 6) is 0.231. The highest BCUT2D eigenvalue weighted by molar-refractivity contribution is 5.80. The van der Waals surface area contributed by atoms with Crippen molar-refractivity contribution in [1.82, 2.24) is 4.90 Å². The van der Waals surface area contributed by atoms with Gasteiger partial charge in [-0.25, -0.2) is 0 Å². The number of aliphatic carboxylic acids is 1. The summed E-state index contributed by atoms with van der Waals surface area (Å²) in [6, 6.07) is 5.71. The Morgan fingerprint density at radius 3 is 3.00 bits per heavy atom. The number of hydrogen-bond acceptors (Lipinski definition) is 5. The molecule has 1 saturated heterocycles. The number of hydrogen-bond donors (Lipinski definition) is 1. The van der Waals surface area contributed by atoms with E-state index in [-0.39, 0.29) is 18.2 Å². The molecule has 1 aromatic rings. The van der Waals surface area contributed by atoms with Crippen molar-refractivity contribution in [1.29, 1.82) is 0 Å². The third kappa shape index (κ3) is 4.04. The van der Waals surface area contributed by atoms with E-state index in [1.807, 2.05) is 25.1 Å². The standard InChI is InChI=1S/C18H23NO6/c1-2-23-15-5-3-4-12-8-13(11-25-17(12)15)18(22)19-6-7-24-14(10-19)9-16(20)21/h3-5,13-14H,2,6-11H2,1H3,(H,20,21)/t13-,14+/m1/s1. The fraction of sp³-hybridized carbons (Fsp3) is 0.556. The molecule has 0 unspecified atom stereocenters. The first-order chi connectivity index (χ1) is 12.1. The lowest BCUT2D eigenvalue weighted by atomic mass is 9.94. The number of carboxylic acid groups (broad SMARTS) is 1. The predicted octanol–water partition coefficient (Wildman–Crippen LogP) is 1.34. The quantitative estimate of drug-likeness (QED) is 0.863. The highest BCUT2D eigenvalue weighted by Gasteiger charge is 2.33. The van der Waals surface area contributed by atoms with E-state index in [1.54, 1.807) is 4.90 Å². The molecule has 0 radical (unpaired) electrons. The molecule has 1 N–H and O–H groups in total. The number of benzene rings is 1. The number of fused-ring (bicyclic) bond motifs is 1. The van der Waals surface area contributed by atoms with Crippen molar-refractivity contribution in [3.05, 3.63) is 23.8 Å². The summed E-state index contributed by atoms with van der Waals surface area (Å²) in [6.45, 7) is 3.94. The molecule has 2 aliphatic heterocycles. The van der Waals surface area contributed by atoms with Gasteiger partial charge in [0.2, 0.25) is 5.91 Å². The number of rotatable bonds is 5. The van der Waals surface area contributed by atoms with Crippen molar-refractivity contribution in [2.75, 3.05) is 32.9 Å². The van der Waals surface area contributed by atoms with E-state index in [4.69, 9.17) is 19.3 Å². The molecule has 2 aliphatic rings. The molecule has 2 heterocycles. The van der Waals surface area contributed by atoms with Gasteiger partial charge in [0.1, 0.15) is 6.61 Å². The van der Waals surface area contributed by atoms with Crippen LogP contribution in [0.4, 0.5) is 0 Å². The highest BCUT2D eigenvalue weighted by atomic mass is 16.5. The largest absolute Gasteiger partial charge is 0.490 e. The average molecular weight is 349 g/mol. The normalized spacial score (nSPS) is 22.7. The zero-order chi connectivity index (χ0) is 17.8. The van der Waals surface area contributed by atoms with Crippen LogP contribution in [0.1, 0.15) is 18.9 Å². The van der Waals surface area contributed by atoms with E-state index < -0.39 is 12.1 Å². The minimum atomic E-state index is -0.919. The van der Waals surface area contributed by atoms with Gasteiger partial charge in [0.15, 0.2) is 11.5 Å². The second-order valence-corrected chi connectivity index (χ2v) is 6.26. The molecule has 3 rings (SSSR count). The van der Waals surface area contributed by atoms with Crippen LogP contribution in [0.5, 0.6) is 11.5 Å². The maximum atomic E-state index is 12.8. The molecular weight excluding hydrogens is 326 g/mol. The number of carbonyl (C=O) groups excluding carboxylic acids is 1. The van der Waals surface area contributed by atoms with Gasteiger partial charge in [0.05, 0.1) is 31.7 Å². The maximum Gasteiger partial charge on any atom is 0.306 e. The van der Waals surface area contributed by atoms with Crippen LogP contribution in [-0.4, -0.2) is 60.9 Å². The number of nitrogens with zero attached hydrogens (tertiary/aromatic N) is 1. The number of ether oxygens (including phenoxy) is 3. The molecule has 1 amide bonds. The Hall–Kier alpha value is -2.28. The van der Waals surface area contributed by atoms with E-state index >= 15 is 0 Å². The first kappa shape index (κ1) is 17.5. The van der Waals surface area contributed by atoms with Gasteiger partial charge in [-0.05, 0) is 25.0 Å². The van der Waals surface area contributed by atoms with E-state index in [9.17, 15) is 9.59 Å². The van der Waals surface area contributed by atoms with Gasteiger partial charge in [-0.15, -0.1) is 0 Å². The summed E-state index contributed by atoms with van der Waals surface area (Å²) in [6.07, 6.45) is 0.0539. The van der Waals surface area contributed by atoms with Gasteiger partial charge >= 0.3 is 5.97 Å². The minimum absolute atomic E-state index is 0.00819. The number of amides is 1. The summed E-state index contributed by atoms with van der Waals surface area (Å²) in [4.78, 5) is 25.4. The first-order valence-corrected chi connectivity index (χ1v) is 8.58. The minimum Gasteiger partial charge on any atom is -0.490 e. The molecule has 0 bridgehead atoms. The van der Waals surface area contributed by atoms with Crippen LogP contribution in [0.2, 0.25) is 0 Å². The lowest BCUT2D eigenvalue weighted by Crippen LogP contribution is -2.50. The van der Waals surface area contributed by atoms with Gasteiger partial charge in [-0.1, -0.05) is 12.1 Å². The Labute approximate surface area is 146 Å². The molecule has 2 atom stereocenters. The van der Waals surface area contributed by atoms with E-state index in [0.29, 0.717) is 45.1 Å². The topological polar surface area (TPSA) is 85.3 Å². The molecule has 0 saturated carbocycles. The van der Waals surface area contributed by atoms with Crippen LogP contribution in [0.15, 0.2) is 18.2 Å².